The Labute approximate surface area is 80.6 Å². The van der Waals surface area contributed by atoms with Crippen LogP contribution in [-0.4, -0.2) is 20.6 Å². The van der Waals surface area contributed by atoms with Crippen LogP contribution in [0.25, 0.3) is 11.0 Å². The highest BCUT2D eigenvalue weighted by Crippen LogP contribution is 2.06. The monoisotopic (exact) mass is 192 g/mol. The Morgan fingerprint density at radius 3 is 3.21 bits per heavy atom. The average molecular weight is 192 g/mol. The molecule has 3 N–H and O–H groups in total. The molecule has 1 unspecified atom stereocenters. The summed E-state index contributed by atoms with van der Waals surface area (Å²) in [5.41, 5.74) is 7.12. The van der Waals surface area contributed by atoms with Crippen molar-refractivity contribution in [1.82, 2.24) is 14.5 Å². The lowest BCUT2D eigenvalue weighted by molar-refractivity contribution is 0.588. The Morgan fingerprint density at radius 1 is 1.71 bits per heavy atom. The molecule has 2 heterocycles. The third-order valence-corrected chi connectivity index (χ3v) is 2.05. The zero-order valence-electron chi connectivity index (χ0n) is 7.90. The van der Waals surface area contributed by atoms with Crippen LogP contribution in [0.4, 0.5) is 0 Å². The van der Waals surface area contributed by atoms with Crippen LogP contribution in [0.5, 0.6) is 0 Å². The van der Waals surface area contributed by atoms with Crippen LogP contribution in [0, 0.1) is 0 Å². The van der Waals surface area contributed by atoms with Crippen molar-refractivity contribution >= 4 is 11.0 Å². The molecule has 0 saturated carbocycles. The quantitative estimate of drug-likeness (QED) is 0.707. The molecule has 0 fully saturated rings. The molecule has 2 rings (SSSR count). The zero-order chi connectivity index (χ0) is 10.1. The molecule has 0 spiro atoms. The Hall–Kier alpha value is -1.62. The summed E-state index contributed by atoms with van der Waals surface area (Å²) >= 11 is 0. The summed E-state index contributed by atoms with van der Waals surface area (Å²) in [5, 5.41) is 0. The minimum absolute atomic E-state index is 0.0418. The van der Waals surface area contributed by atoms with Crippen molar-refractivity contribution in [2.75, 3.05) is 0 Å². The number of aromatic amines is 1. The van der Waals surface area contributed by atoms with Crippen LogP contribution >= 0.6 is 0 Å². The molecular weight excluding hydrogens is 180 g/mol. The number of pyridine rings is 1. The molecule has 0 bridgehead atoms. The summed E-state index contributed by atoms with van der Waals surface area (Å²) in [5.74, 6) is 0. The highest BCUT2D eigenvalue weighted by molar-refractivity contribution is 5.73. The number of imidazole rings is 1. The molecular formula is C9H12N4O. The van der Waals surface area contributed by atoms with E-state index in [2.05, 4.69) is 9.97 Å². The van der Waals surface area contributed by atoms with Crippen LogP contribution in [0.15, 0.2) is 23.3 Å². The first-order valence-electron chi connectivity index (χ1n) is 4.46. The van der Waals surface area contributed by atoms with Gasteiger partial charge in [0.05, 0.1) is 17.2 Å². The van der Waals surface area contributed by atoms with Crippen molar-refractivity contribution in [1.29, 1.82) is 0 Å². The minimum Gasteiger partial charge on any atom is -0.326 e. The van der Waals surface area contributed by atoms with Gasteiger partial charge in [-0.05, 0) is 13.0 Å². The fraction of sp³-hybridized carbons (Fsp3) is 0.333. The molecule has 2 aromatic heterocycles. The van der Waals surface area contributed by atoms with Crippen molar-refractivity contribution in [2.45, 2.75) is 19.5 Å². The number of rotatable bonds is 2. The van der Waals surface area contributed by atoms with Crippen LogP contribution in [0.3, 0.4) is 0 Å². The van der Waals surface area contributed by atoms with Crippen molar-refractivity contribution in [3.05, 3.63) is 28.9 Å². The summed E-state index contributed by atoms with van der Waals surface area (Å²) in [7, 11) is 0. The highest BCUT2D eigenvalue weighted by Gasteiger charge is 2.06. The molecule has 14 heavy (non-hydrogen) atoms. The molecule has 0 aromatic carbocycles. The van der Waals surface area contributed by atoms with E-state index in [1.165, 1.54) is 0 Å². The lowest BCUT2D eigenvalue weighted by Gasteiger charge is -2.05. The largest absolute Gasteiger partial charge is 0.326 e. The molecule has 0 aliphatic carbocycles. The number of nitrogens with two attached hydrogens (primary N) is 1. The van der Waals surface area contributed by atoms with Crippen LogP contribution < -0.4 is 11.4 Å². The smallest absolute Gasteiger partial charge is 0.326 e. The summed E-state index contributed by atoms with van der Waals surface area (Å²) < 4.78 is 1.63. The second-order valence-corrected chi connectivity index (χ2v) is 3.41. The third-order valence-electron chi connectivity index (χ3n) is 2.05. The van der Waals surface area contributed by atoms with E-state index in [0.29, 0.717) is 6.54 Å². The molecule has 0 aliphatic rings. The molecule has 1 atom stereocenters. The molecule has 5 nitrogen and oxygen atoms in total. The second kappa shape index (κ2) is 3.26. The van der Waals surface area contributed by atoms with Crippen molar-refractivity contribution in [2.24, 2.45) is 5.73 Å². The van der Waals surface area contributed by atoms with Gasteiger partial charge in [0.15, 0.2) is 0 Å². The predicted molar refractivity (Wildman–Crippen MR) is 54.0 cm³/mol. The SMILES string of the molecule is CC(N)Cn1c(=O)[nH]c2cnccc21. The first kappa shape index (κ1) is 8.96. The first-order chi connectivity index (χ1) is 6.68. The van der Waals surface area contributed by atoms with Gasteiger partial charge in [0.25, 0.3) is 0 Å². The Balaban J connectivity index is 2.62. The fourth-order valence-electron chi connectivity index (χ4n) is 1.48. The van der Waals surface area contributed by atoms with Gasteiger partial charge in [-0.2, -0.15) is 0 Å². The van der Waals surface area contributed by atoms with E-state index in [-0.39, 0.29) is 11.7 Å². The minimum atomic E-state index is -0.134. The van der Waals surface area contributed by atoms with E-state index in [1.54, 1.807) is 23.0 Å². The van der Waals surface area contributed by atoms with Crippen LogP contribution in [0.1, 0.15) is 6.92 Å². The van der Waals surface area contributed by atoms with Crippen molar-refractivity contribution in [3.8, 4) is 0 Å². The van der Waals surface area contributed by atoms with E-state index in [4.69, 9.17) is 5.73 Å². The zero-order valence-corrected chi connectivity index (χ0v) is 7.90. The molecule has 0 amide bonds. The summed E-state index contributed by atoms with van der Waals surface area (Å²) in [4.78, 5) is 18.2. The molecule has 0 radical (unpaired) electrons. The van der Waals surface area contributed by atoms with E-state index >= 15 is 0 Å². The number of nitrogens with zero attached hydrogens (tertiary/aromatic N) is 2. The lowest BCUT2D eigenvalue weighted by atomic mass is 10.3. The number of hydrogen-bond acceptors (Lipinski definition) is 3. The lowest BCUT2D eigenvalue weighted by Crippen LogP contribution is -2.28. The van der Waals surface area contributed by atoms with Crippen molar-refractivity contribution in [3.63, 3.8) is 0 Å². The standard InChI is InChI=1S/C9H12N4O/c1-6(10)5-13-8-2-3-11-4-7(8)12-9(13)14/h2-4,6H,5,10H2,1H3,(H,12,14). The van der Waals surface area contributed by atoms with E-state index < -0.39 is 0 Å². The van der Waals surface area contributed by atoms with Gasteiger partial charge in [0.2, 0.25) is 0 Å². The molecule has 5 heteroatoms. The molecule has 74 valence electrons. The maximum Gasteiger partial charge on any atom is 0.326 e. The van der Waals surface area contributed by atoms with Gasteiger partial charge < -0.3 is 10.7 Å². The second-order valence-electron chi connectivity index (χ2n) is 3.41. The topological polar surface area (TPSA) is 76.7 Å². The average Bonchev–Trinajstić information content (AvgIpc) is 2.43. The number of fused-ring (bicyclic) bond motifs is 1. The molecule has 0 aliphatic heterocycles. The fourth-order valence-corrected chi connectivity index (χ4v) is 1.48. The van der Waals surface area contributed by atoms with Gasteiger partial charge >= 0.3 is 5.69 Å². The third kappa shape index (κ3) is 1.42. The number of aromatic nitrogens is 3. The Bertz CT molecular complexity index is 497. The number of hydrogen-bond donors (Lipinski definition) is 2. The molecule has 0 saturated heterocycles. The number of H-pyrrole nitrogens is 1. The van der Waals surface area contributed by atoms with Gasteiger partial charge in [-0.15, -0.1) is 0 Å². The van der Waals surface area contributed by atoms with Crippen molar-refractivity contribution < 1.29 is 0 Å². The molecule has 2 aromatic rings. The summed E-state index contributed by atoms with van der Waals surface area (Å²) in [6, 6.07) is 1.76. The van der Waals surface area contributed by atoms with Crippen LogP contribution in [0.2, 0.25) is 0 Å². The Morgan fingerprint density at radius 2 is 2.50 bits per heavy atom. The van der Waals surface area contributed by atoms with Gasteiger partial charge in [0, 0.05) is 18.8 Å². The normalized spacial score (nSPS) is 13.3. The maximum absolute atomic E-state index is 11.5. The summed E-state index contributed by atoms with van der Waals surface area (Å²) in [6.07, 6.45) is 3.29. The maximum atomic E-state index is 11.5. The highest BCUT2D eigenvalue weighted by atomic mass is 16.1. The first-order valence-corrected chi connectivity index (χ1v) is 4.46. The Kier molecular flexibility index (Phi) is 2.09. The van der Waals surface area contributed by atoms with Gasteiger partial charge in [-0.25, -0.2) is 4.79 Å². The van der Waals surface area contributed by atoms with Gasteiger partial charge in [0.1, 0.15) is 0 Å². The van der Waals surface area contributed by atoms with E-state index in [9.17, 15) is 4.79 Å². The van der Waals surface area contributed by atoms with E-state index in [1.807, 2.05) is 6.92 Å². The van der Waals surface area contributed by atoms with Gasteiger partial charge in [-0.1, -0.05) is 0 Å². The van der Waals surface area contributed by atoms with E-state index in [0.717, 1.165) is 11.0 Å². The van der Waals surface area contributed by atoms with Gasteiger partial charge in [-0.3, -0.25) is 9.55 Å². The summed E-state index contributed by atoms with van der Waals surface area (Å²) in [6.45, 7) is 2.38. The predicted octanol–water partition coefficient (Wildman–Crippen LogP) is 0.0718. The van der Waals surface area contributed by atoms with Crippen LogP contribution in [-0.2, 0) is 6.54 Å². The number of nitrogens with one attached hydrogen (secondary N) is 1.